The number of carbonyl (C=O) groups excluding carboxylic acids is 2. The molecule has 7 nitrogen and oxygen atoms in total. The average Bonchev–Trinajstić information content (AvgIpc) is 2.99. The first-order valence-electron chi connectivity index (χ1n) is 7.32. The molecule has 1 aromatic heterocycles. The number of nitrogens with zero attached hydrogens (tertiary/aromatic N) is 3. The van der Waals surface area contributed by atoms with Crippen molar-refractivity contribution in [2.24, 2.45) is 0 Å². The van der Waals surface area contributed by atoms with E-state index >= 15 is 0 Å². The summed E-state index contributed by atoms with van der Waals surface area (Å²) in [5.74, 6) is 0.643. The monoisotopic (exact) mass is 293 g/mol. The predicted octanol–water partition coefficient (Wildman–Crippen LogP) is 0.140. The van der Waals surface area contributed by atoms with Crippen LogP contribution in [0.1, 0.15) is 32.6 Å². The summed E-state index contributed by atoms with van der Waals surface area (Å²) in [6, 6.07) is -0.417. The van der Waals surface area contributed by atoms with Gasteiger partial charge in [0.2, 0.25) is 11.8 Å². The van der Waals surface area contributed by atoms with Crippen molar-refractivity contribution in [3.05, 3.63) is 18.2 Å². The fourth-order valence-electron chi connectivity index (χ4n) is 2.76. The van der Waals surface area contributed by atoms with E-state index in [1.807, 2.05) is 0 Å². The Balaban J connectivity index is 2.06. The summed E-state index contributed by atoms with van der Waals surface area (Å²) in [7, 11) is 0. The van der Waals surface area contributed by atoms with Crippen molar-refractivity contribution in [3.8, 4) is 0 Å². The number of nitrogens with one attached hydrogen (secondary N) is 2. The number of piperazine rings is 1. The van der Waals surface area contributed by atoms with Crippen LogP contribution in [0.3, 0.4) is 0 Å². The van der Waals surface area contributed by atoms with Crippen LogP contribution in [-0.4, -0.2) is 63.8 Å². The lowest BCUT2D eigenvalue weighted by molar-refractivity contribution is -0.138. The van der Waals surface area contributed by atoms with Crippen molar-refractivity contribution in [2.75, 3.05) is 26.2 Å². The normalized spacial score (nSPS) is 21.1. The first-order valence-corrected chi connectivity index (χ1v) is 7.32. The number of aromatic nitrogens is 2. The third-order valence-corrected chi connectivity index (χ3v) is 3.83. The highest BCUT2D eigenvalue weighted by Crippen LogP contribution is 2.22. The molecule has 1 fully saturated rings. The van der Waals surface area contributed by atoms with Gasteiger partial charge in [-0.1, -0.05) is 6.92 Å². The van der Waals surface area contributed by atoms with Gasteiger partial charge in [-0.05, 0) is 13.5 Å². The predicted molar refractivity (Wildman–Crippen MR) is 78.4 cm³/mol. The lowest BCUT2D eigenvalue weighted by atomic mass is 10.1. The molecule has 0 radical (unpaired) electrons. The fourth-order valence-corrected chi connectivity index (χ4v) is 2.76. The molecule has 0 aliphatic carbocycles. The molecule has 0 saturated carbocycles. The van der Waals surface area contributed by atoms with E-state index in [0.29, 0.717) is 13.1 Å². The minimum atomic E-state index is -0.493. The minimum Gasteiger partial charge on any atom is -0.347 e. The Labute approximate surface area is 124 Å². The Morgan fingerprint density at radius 2 is 2.29 bits per heavy atom. The molecule has 7 heteroatoms. The minimum absolute atomic E-state index is 0.0440. The van der Waals surface area contributed by atoms with Crippen molar-refractivity contribution in [1.29, 1.82) is 0 Å². The number of amides is 2. The molecular weight excluding hydrogens is 270 g/mol. The smallest absolute Gasteiger partial charge is 0.244 e. The topological polar surface area (TPSA) is 81.3 Å². The Morgan fingerprint density at radius 3 is 2.86 bits per heavy atom. The van der Waals surface area contributed by atoms with E-state index in [4.69, 9.17) is 0 Å². The second-order valence-corrected chi connectivity index (χ2v) is 5.33. The van der Waals surface area contributed by atoms with Crippen molar-refractivity contribution >= 4 is 11.8 Å². The Bertz CT molecular complexity index is 488. The number of H-pyrrole nitrogens is 1. The Morgan fingerprint density at radius 1 is 1.52 bits per heavy atom. The van der Waals surface area contributed by atoms with Gasteiger partial charge in [0.25, 0.3) is 0 Å². The molecule has 2 N–H and O–H groups in total. The lowest BCUT2D eigenvalue weighted by Gasteiger charge is -2.40. The average molecular weight is 293 g/mol. The highest BCUT2D eigenvalue weighted by molar-refractivity contribution is 5.86. The SMILES string of the molecule is CCN1CCN(C(=O)[C@H](C)NC(C)=O)C[C@@H]1c1ncc[nH]1. The number of likely N-dealkylation sites (N-methyl/N-ethyl adjacent to an activating group) is 1. The molecule has 2 heterocycles. The summed E-state index contributed by atoms with van der Waals surface area (Å²) in [4.78, 5) is 35.0. The van der Waals surface area contributed by atoms with E-state index in [0.717, 1.165) is 18.9 Å². The quantitative estimate of drug-likeness (QED) is 0.827. The summed E-state index contributed by atoms with van der Waals surface area (Å²) in [5.41, 5.74) is 0. The summed E-state index contributed by atoms with van der Waals surface area (Å²) < 4.78 is 0. The number of imidazole rings is 1. The molecule has 0 spiro atoms. The van der Waals surface area contributed by atoms with Gasteiger partial charge in [-0.3, -0.25) is 14.5 Å². The van der Waals surface area contributed by atoms with Gasteiger partial charge in [-0.15, -0.1) is 0 Å². The van der Waals surface area contributed by atoms with Gasteiger partial charge in [0.15, 0.2) is 0 Å². The molecule has 1 aliphatic rings. The maximum absolute atomic E-state index is 12.4. The first-order chi connectivity index (χ1) is 10.0. The van der Waals surface area contributed by atoms with E-state index in [1.165, 1.54) is 6.92 Å². The van der Waals surface area contributed by atoms with Gasteiger partial charge in [0, 0.05) is 39.0 Å². The van der Waals surface area contributed by atoms with E-state index < -0.39 is 6.04 Å². The molecule has 0 bridgehead atoms. The second kappa shape index (κ2) is 6.71. The van der Waals surface area contributed by atoms with Crippen molar-refractivity contribution < 1.29 is 9.59 Å². The van der Waals surface area contributed by atoms with E-state index in [-0.39, 0.29) is 17.9 Å². The molecule has 2 atom stereocenters. The zero-order valence-corrected chi connectivity index (χ0v) is 12.8. The summed E-state index contributed by atoms with van der Waals surface area (Å²) in [6.07, 6.45) is 3.52. The molecule has 2 rings (SSSR count). The van der Waals surface area contributed by atoms with Crippen LogP contribution in [0.15, 0.2) is 12.4 Å². The summed E-state index contributed by atoms with van der Waals surface area (Å²) in [6.45, 7) is 8.22. The fraction of sp³-hybridized carbons (Fsp3) is 0.643. The van der Waals surface area contributed by atoms with Gasteiger partial charge in [0.1, 0.15) is 11.9 Å². The van der Waals surface area contributed by atoms with Crippen molar-refractivity contribution in [1.82, 2.24) is 25.1 Å². The third-order valence-electron chi connectivity index (χ3n) is 3.83. The molecule has 1 aromatic rings. The van der Waals surface area contributed by atoms with E-state index in [2.05, 4.69) is 27.1 Å². The van der Waals surface area contributed by atoms with Crippen LogP contribution in [-0.2, 0) is 9.59 Å². The van der Waals surface area contributed by atoms with Gasteiger partial charge in [0.05, 0.1) is 6.04 Å². The van der Waals surface area contributed by atoms with Gasteiger partial charge < -0.3 is 15.2 Å². The largest absolute Gasteiger partial charge is 0.347 e. The highest BCUT2D eigenvalue weighted by atomic mass is 16.2. The van der Waals surface area contributed by atoms with Crippen LogP contribution < -0.4 is 5.32 Å². The van der Waals surface area contributed by atoms with Crippen LogP contribution in [0, 0.1) is 0 Å². The molecule has 1 aliphatic heterocycles. The molecule has 21 heavy (non-hydrogen) atoms. The Kier molecular flexibility index (Phi) is 4.95. The third kappa shape index (κ3) is 3.60. The zero-order valence-electron chi connectivity index (χ0n) is 12.8. The number of carbonyl (C=O) groups is 2. The number of rotatable bonds is 4. The second-order valence-electron chi connectivity index (χ2n) is 5.33. The van der Waals surface area contributed by atoms with Crippen LogP contribution in [0.5, 0.6) is 0 Å². The van der Waals surface area contributed by atoms with Crippen LogP contribution in [0.25, 0.3) is 0 Å². The summed E-state index contributed by atoms with van der Waals surface area (Å²) in [5, 5.41) is 2.65. The standard InChI is InChI=1S/C14H23N5O2/c1-4-18-7-8-19(14(21)10(2)17-11(3)20)9-12(18)13-15-5-6-16-13/h5-6,10,12H,4,7-9H2,1-3H3,(H,15,16)(H,17,20)/t10-,12+/m0/s1. The van der Waals surface area contributed by atoms with Crippen LogP contribution >= 0.6 is 0 Å². The molecule has 1 saturated heterocycles. The van der Waals surface area contributed by atoms with Gasteiger partial charge in [-0.2, -0.15) is 0 Å². The molecular formula is C14H23N5O2. The van der Waals surface area contributed by atoms with Crippen LogP contribution in [0.2, 0.25) is 0 Å². The van der Waals surface area contributed by atoms with E-state index in [9.17, 15) is 9.59 Å². The molecule has 2 amide bonds. The molecule has 116 valence electrons. The zero-order chi connectivity index (χ0) is 15.4. The van der Waals surface area contributed by atoms with Crippen molar-refractivity contribution in [2.45, 2.75) is 32.9 Å². The first kappa shape index (κ1) is 15.5. The molecule has 0 aromatic carbocycles. The summed E-state index contributed by atoms with van der Waals surface area (Å²) >= 11 is 0. The van der Waals surface area contributed by atoms with Crippen LogP contribution in [0.4, 0.5) is 0 Å². The number of aromatic amines is 1. The van der Waals surface area contributed by atoms with Gasteiger partial charge in [-0.25, -0.2) is 4.98 Å². The number of hydrogen-bond acceptors (Lipinski definition) is 4. The highest BCUT2D eigenvalue weighted by Gasteiger charge is 2.32. The maximum atomic E-state index is 12.4. The maximum Gasteiger partial charge on any atom is 0.244 e. The molecule has 0 unspecified atom stereocenters. The lowest BCUT2D eigenvalue weighted by Crippen LogP contribution is -2.55. The number of hydrogen-bond donors (Lipinski definition) is 2. The van der Waals surface area contributed by atoms with Crippen molar-refractivity contribution in [3.63, 3.8) is 0 Å². The van der Waals surface area contributed by atoms with Gasteiger partial charge >= 0.3 is 0 Å². The Hall–Kier alpha value is -1.89. The van der Waals surface area contributed by atoms with E-state index in [1.54, 1.807) is 24.2 Å².